The molecule has 1 amide bonds. The second-order valence-corrected chi connectivity index (χ2v) is 4.59. The Morgan fingerprint density at radius 3 is 2.56 bits per heavy atom. The summed E-state index contributed by atoms with van der Waals surface area (Å²) in [4.78, 5) is 21.5. The highest BCUT2D eigenvalue weighted by Crippen LogP contribution is 2.28. The molecule has 1 aromatic rings. The molecule has 98 valence electrons. The van der Waals surface area contributed by atoms with E-state index in [-0.39, 0.29) is 11.4 Å². The van der Waals surface area contributed by atoms with Gasteiger partial charge in [0.25, 0.3) is 5.69 Å². The summed E-state index contributed by atoms with van der Waals surface area (Å²) in [6, 6.07) is 3.42. The lowest BCUT2D eigenvalue weighted by molar-refractivity contribution is -0.384. The summed E-state index contributed by atoms with van der Waals surface area (Å²) in [7, 11) is 0. The average Bonchev–Trinajstić information content (AvgIpc) is 2.17. The lowest BCUT2D eigenvalue weighted by Crippen LogP contribution is -2.27. The molecule has 1 rings (SSSR count). The number of rotatable bonds is 2. The fraction of sp³-hybridized carbons (Fsp3) is 0.364. The van der Waals surface area contributed by atoms with E-state index in [9.17, 15) is 14.9 Å². The van der Waals surface area contributed by atoms with Crippen molar-refractivity contribution in [3.8, 4) is 5.75 Å². The van der Waals surface area contributed by atoms with Gasteiger partial charge < -0.3 is 9.84 Å². The second-order valence-electron chi connectivity index (χ2n) is 4.59. The average molecular weight is 254 g/mol. The van der Waals surface area contributed by atoms with E-state index in [1.807, 2.05) is 0 Å². The van der Waals surface area contributed by atoms with Crippen molar-refractivity contribution in [1.29, 1.82) is 0 Å². The van der Waals surface area contributed by atoms with Gasteiger partial charge in [-0.15, -0.1) is 0 Å². The number of anilines is 1. The van der Waals surface area contributed by atoms with E-state index in [1.54, 1.807) is 20.8 Å². The Hall–Kier alpha value is -2.31. The number of carbonyl (C=O) groups is 1. The molecule has 0 radical (unpaired) electrons. The number of aromatic hydroxyl groups is 1. The van der Waals surface area contributed by atoms with Crippen LogP contribution in [0, 0.1) is 10.1 Å². The van der Waals surface area contributed by atoms with Crippen molar-refractivity contribution in [1.82, 2.24) is 0 Å². The van der Waals surface area contributed by atoms with Crippen LogP contribution >= 0.6 is 0 Å². The predicted octanol–water partition coefficient (Wildman–Crippen LogP) is 2.65. The molecular weight excluding hydrogens is 240 g/mol. The standard InChI is InChI=1S/C11H14N2O5/c1-11(2,3)18-10(15)12-8-5-4-7(14)6-9(8)13(16)17/h4-6,14H,1-3H3,(H,12,15). The first-order chi connectivity index (χ1) is 8.19. The van der Waals surface area contributed by atoms with Crippen molar-refractivity contribution >= 4 is 17.5 Å². The Kier molecular flexibility index (Phi) is 3.75. The van der Waals surface area contributed by atoms with E-state index in [1.165, 1.54) is 12.1 Å². The topological polar surface area (TPSA) is 102 Å². The highest BCUT2D eigenvalue weighted by molar-refractivity contribution is 5.88. The molecule has 18 heavy (non-hydrogen) atoms. The number of amides is 1. The number of carbonyl (C=O) groups excluding carboxylic acids is 1. The fourth-order valence-electron chi connectivity index (χ4n) is 1.19. The molecule has 0 aliphatic carbocycles. The van der Waals surface area contributed by atoms with Gasteiger partial charge in [-0.05, 0) is 32.9 Å². The Morgan fingerprint density at radius 2 is 2.06 bits per heavy atom. The second kappa shape index (κ2) is 4.91. The van der Waals surface area contributed by atoms with Crippen molar-refractivity contribution in [3.05, 3.63) is 28.3 Å². The number of phenolic OH excluding ortho intramolecular Hbond substituents is 1. The van der Waals surface area contributed by atoms with Crippen LogP contribution in [0.25, 0.3) is 0 Å². The largest absolute Gasteiger partial charge is 0.508 e. The number of benzene rings is 1. The van der Waals surface area contributed by atoms with E-state index in [0.29, 0.717) is 0 Å². The van der Waals surface area contributed by atoms with Crippen molar-refractivity contribution in [3.63, 3.8) is 0 Å². The van der Waals surface area contributed by atoms with E-state index in [4.69, 9.17) is 9.84 Å². The minimum absolute atomic E-state index is 0.0351. The summed E-state index contributed by atoms with van der Waals surface area (Å²) in [5, 5.41) is 22.2. The van der Waals surface area contributed by atoms with Crippen molar-refractivity contribution in [2.24, 2.45) is 0 Å². The Labute approximate surface area is 104 Å². The van der Waals surface area contributed by atoms with Crippen molar-refractivity contribution in [2.75, 3.05) is 5.32 Å². The quantitative estimate of drug-likeness (QED) is 0.480. The molecule has 0 aromatic heterocycles. The summed E-state index contributed by atoms with van der Waals surface area (Å²) in [6.07, 6.45) is -0.795. The van der Waals surface area contributed by atoms with Gasteiger partial charge in [-0.3, -0.25) is 15.4 Å². The van der Waals surface area contributed by atoms with Crippen LogP contribution in [0.2, 0.25) is 0 Å². The van der Waals surface area contributed by atoms with E-state index in [2.05, 4.69) is 5.32 Å². The number of nitrogens with one attached hydrogen (secondary N) is 1. The monoisotopic (exact) mass is 254 g/mol. The fourth-order valence-corrected chi connectivity index (χ4v) is 1.19. The normalized spacial score (nSPS) is 10.8. The summed E-state index contributed by atoms with van der Waals surface area (Å²) in [5.74, 6) is -0.253. The Morgan fingerprint density at radius 1 is 1.44 bits per heavy atom. The maximum Gasteiger partial charge on any atom is 0.412 e. The third-order valence-corrected chi connectivity index (χ3v) is 1.81. The molecule has 0 saturated heterocycles. The Bertz CT molecular complexity index is 479. The maximum atomic E-state index is 11.5. The molecule has 7 nitrogen and oxygen atoms in total. The number of ether oxygens (including phenoxy) is 1. The van der Waals surface area contributed by atoms with Gasteiger partial charge in [-0.2, -0.15) is 0 Å². The smallest absolute Gasteiger partial charge is 0.412 e. The molecule has 0 bridgehead atoms. The summed E-state index contributed by atoms with van der Waals surface area (Å²) in [5.41, 5.74) is -1.14. The minimum atomic E-state index is -0.795. The molecular formula is C11H14N2O5. The molecule has 0 fully saturated rings. The van der Waals surface area contributed by atoms with Gasteiger partial charge in [0, 0.05) is 0 Å². The summed E-state index contributed by atoms with van der Waals surface area (Å²) in [6.45, 7) is 5.04. The SMILES string of the molecule is CC(C)(C)OC(=O)Nc1ccc(O)cc1[N+](=O)[O-]. The molecule has 7 heteroatoms. The van der Waals surface area contributed by atoms with Gasteiger partial charge in [-0.1, -0.05) is 0 Å². The molecule has 0 atom stereocenters. The number of nitro benzene ring substituents is 1. The highest BCUT2D eigenvalue weighted by Gasteiger charge is 2.20. The van der Waals surface area contributed by atoms with Gasteiger partial charge in [0.05, 0.1) is 11.0 Å². The van der Waals surface area contributed by atoms with Gasteiger partial charge in [0.2, 0.25) is 0 Å². The number of hydrogen-bond donors (Lipinski definition) is 2. The molecule has 0 unspecified atom stereocenters. The summed E-state index contributed by atoms with van der Waals surface area (Å²) < 4.78 is 4.97. The molecule has 2 N–H and O–H groups in total. The lowest BCUT2D eigenvalue weighted by atomic mass is 10.2. The van der Waals surface area contributed by atoms with E-state index < -0.39 is 22.3 Å². The van der Waals surface area contributed by atoms with Crippen LogP contribution in [0.3, 0.4) is 0 Å². The first kappa shape index (κ1) is 13.8. The van der Waals surface area contributed by atoms with Gasteiger partial charge in [0.1, 0.15) is 17.0 Å². The number of nitro groups is 1. The van der Waals surface area contributed by atoms with Crippen LogP contribution in [-0.4, -0.2) is 21.7 Å². The zero-order chi connectivity index (χ0) is 13.9. The van der Waals surface area contributed by atoms with E-state index in [0.717, 1.165) is 6.07 Å². The predicted molar refractivity (Wildman–Crippen MR) is 64.6 cm³/mol. The van der Waals surface area contributed by atoms with Crippen LogP contribution in [0.15, 0.2) is 18.2 Å². The summed E-state index contributed by atoms with van der Waals surface area (Å²) >= 11 is 0. The maximum absolute atomic E-state index is 11.5. The molecule has 0 aliphatic rings. The first-order valence-corrected chi connectivity index (χ1v) is 5.16. The van der Waals surface area contributed by atoms with E-state index >= 15 is 0 Å². The van der Waals surface area contributed by atoms with Gasteiger partial charge in [0.15, 0.2) is 0 Å². The van der Waals surface area contributed by atoms with Crippen molar-refractivity contribution in [2.45, 2.75) is 26.4 Å². The minimum Gasteiger partial charge on any atom is -0.508 e. The first-order valence-electron chi connectivity index (χ1n) is 5.16. The Balaban J connectivity index is 2.91. The lowest BCUT2D eigenvalue weighted by Gasteiger charge is -2.19. The third-order valence-electron chi connectivity index (χ3n) is 1.81. The molecule has 0 saturated carbocycles. The molecule has 0 spiro atoms. The number of nitrogens with zero attached hydrogens (tertiary/aromatic N) is 1. The van der Waals surface area contributed by atoms with Gasteiger partial charge >= 0.3 is 6.09 Å². The zero-order valence-electron chi connectivity index (χ0n) is 10.3. The van der Waals surface area contributed by atoms with Crippen molar-refractivity contribution < 1.29 is 19.6 Å². The number of phenols is 1. The van der Waals surface area contributed by atoms with Crippen LogP contribution < -0.4 is 5.32 Å². The van der Waals surface area contributed by atoms with Crippen LogP contribution in [0.4, 0.5) is 16.2 Å². The number of hydrogen-bond acceptors (Lipinski definition) is 5. The highest BCUT2D eigenvalue weighted by atomic mass is 16.6. The van der Waals surface area contributed by atoms with Crippen LogP contribution in [0.1, 0.15) is 20.8 Å². The molecule has 1 aromatic carbocycles. The molecule has 0 heterocycles. The van der Waals surface area contributed by atoms with Crippen LogP contribution in [0.5, 0.6) is 5.75 Å². The molecule has 0 aliphatic heterocycles. The third kappa shape index (κ3) is 3.93. The zero-order valence-corrected chi connectivity index (χ0v) is 10.3. The van der Waals surface area contributed by atoms with Crippen LogP contribution in [-0.2, 0) is 4.74 Å². The van der Waals surface area contributed by atoms with Gasteiger partial charge in [-0.25, -0.2) is 4.79 Å².